The van der Waals surface area contributed by atoms with Gasteiger partial charge in [0.25, 0.3) is 0 Å². The van der Waals surface area contributed by atoms with E-state index in [1.54, 1.807) is 10.7 Å². The highest BCUT2D eigenvalue weighted by Crippen LogP contribution is 2.24. The summed E-state index contributed by atoms with van der Waals surface area (Å²) in [5.74, 6) is 0.642. The van der Waals surface area contributed by atoms with Gasteiger partial charge in [-0.25, -0.2) is 9.50 Å². The molecule has 6 heteroatoms. The zero-order valence-electron chi connectivity index (χ0n) is 13.1. The molecule has 2 rings (SSSR count). The van der Waals surface area contributed by atoms with E-state index in [4.69, 9.17) is 0 Å². The van der Waals surface area contributed by atoms with Crippen molar-refractivity contribution in [1.82, 2.24) is 19.9 Å². The summed E-state index contributed by atoms with van der Waals surface area (Å²) in [5, 5.41) is 10.5. The Kier molecular flexibility index (Phi) is 4.45. The van der Waals surface area contributed by atoms with E-state index in [2.05, 4.69) is 41.5 Å². The maximum Gasteiger partial charge on any atom is 0.239 e. The molecule has 0 bridgehead atoms. The van der Waals surface area contributed by atoms with Gasteiger partial charge >= 0.3 is 0 Å². The molecular weight excluding hydrogens is 266 g/mol. The van der Waals surface area contributed by atoms with E-state index < -0.39 is 0 Å². The number of carbonyl (C=O) groups excluding carboxylic acids is 1. The van der Waals surface area contributed by atoms with Crippen LogP contribution in [-0.2, 0) is 10.2 Å². The van der Waals surface area contributed by atoms with Crippen LogP contribution in [0.25, 0.3) is 5.52 Å². The molecule has 6 nitrogen and oxygen atoms in total. The van der Waals surface area contributed by atoms with Gasteiger partial charge in [0.1, 0.15) is 5.52 Å². The monoisotopic (exact) mass is 289 g/mol. The van der Waals surface area contributed by atoms with Crippen LogP contribution in [0.2, 0.25) is 0 Å². The SMILES string of the molecule is CCCNC(=O)CNc1nccn2nc(C(C)(C)C)cc12. The lowest BCUT2D eigenvalue weighted by Crippen LogP contribution is -2.30. The Bertz CT molecular complexity index is 627. The fraction of sp³-hybridized carbons (Fsp3) is 0.533. The number of hydrogen-bond donors (Lipinski definition) is 2. The largest absolute Gasteiger partial charge is 0.359 e. The van der Waals surface area contributed by atoms with Crippen LogP contribution in [0.3, 0.4) is 0 Å². The topological polar surface area (TPSA) is 71.3 Å². The van der Waals surface area contributed by atoms with E-state index in [1.807, 2.05) is 19.2 Å². The molecule has 0 saturated carbocycles. The Morgan fingerprint density at radius 1 is 1.38 bits per heavy atom. The van der Waals surface area contributed by atoms with Gasteiger partial charge in [0.15, 0.2) is 5.82 Å². The van der Waals surface area contributed by atoms with Crippen molar-refractivity contribution in [1.29, 1.82) is 0 Å². The lowest BCUT2D eigenvalue weighted by Gasteiger charge is -2.13. The molecular formula is C15H23N5O. The van der Waals surface area contributed by atoms with Crippen molar-refractivity contribution in [3.05, 3.63) is 24.2 Å². The minimum Gasteiger partial charge on any atom is -0.359 e. The minimum absolute atomic E-state index is 0.0260. The van der Waals surface area contributed by atoms with Crippen LogP contribution in [0.5, 0.6) is 0 Å². The van der Waals surface area contributed by atoms with Gasteiger partial charge < -0.3 is 10.6 Å². The molecule has 0 aromatic carbocycles. The summed E-state index contributed by atoms with van der Waals surface area (Å²) in [5.41, 5.74) is 1.85. The fourth-order valence-electron chi connectivity index (χ4n) is 1.92. The molecule has 0 aliphatic carbocycles. The van der Waals surface area contributed by atoms with Crippen LogP contribution in [-0.4, -0.2) is 33.6 Å². The van der Waals surface area contributed by atoms with E-state index in [1.165, 1.54) is 0 Å². The molecule has 2 aromatic heterocycles. The summed E-state index contributed by atoms with van der Waals surface area (Å²) in [4.78, 5) is 16.0. The number of aromatic nitrogens is 3. The summed E-state index contributed by atoms with van der Waals surface area (Å²) in [6.45, 7) is 9.28. The highest BCUT2D eigenvalue weighted by molar-refractivity contribution is 5.82. The molecule has 1 amide bonds. The molecule has 0 atom stereocenters. The highest BCUT2D eigenvalue weighted by Gasteiger charge is 2.19. The van der Waals surface area contributed by atoms with E-state index in [-0.39, 0.29) is 17.9 Å². The molecule has 2 aromatic rings. The van der Waals surface area contributed by atoms with Crippen molar-refractivity contribution in [2.75, 3.05) is 18.4 Å². The zero-order valence-corrected chi connectivity index (χ0v) is 13.1. The average Bonchev–Trinajstić information content (AvgIpc) is 2.87. The number of carbonyl (C=O) groups is 1. The van der Waals surface area contributed by atoms with Crippen LogP contribution in [0, 0.1) is 0 Å². The van der Waals surface area contributed by atoms with E-state index in [0.717, 1.165) is 17.6 Å². The molecule has 21 heavy (non-hydrogen) atoms. The van der Waals surface area contributed by atoms with Crippen LogP contribution in [0.1, 0.15) is 39.8 Å². The van der Waals surface area contributed by atoms with Crippen molar-refractivity contribution in [2.45, 2.75) is 39.5 Å². The van der Waals surface area contributed by atoms with E-state index in [0.29, 0.717) is 12.4 Å². The Morgan fingerprint density at radius 2 is 2.14 bits per heavy atom. The molecule has 0 fully saturated rings. The standard InChI is InChI=1S/C15H23N5O/c1-5-6-16-13(21)10-18-14-11-9-12(15(2,3)4)19-20(11)8-7-17-14/h7-9H,5-6,10H2,1-4H3,(H,16,21)(H,17,18). The molecule has 0 saturated heterocycles. The van der Waals surface area contributed by atoms with Crippen molar-refractivity contribution in [2.24, 2.45) is 0 Å². The molecule has 2 N–H and O–H groups in total. The third-order valence-corrected chi connectivity index (χ3v) is 3.15. The van der Waals surface area contributed by atoms with Gasteiger partial charge in [-0.1, -0.05) is 27.7 Å². The molecule has 2 heterocycles. The first-order valence-electron chi connectivity index (χ1n) is 7.27. The number of rotatable bonds is 5. The number of anilines is 1. The smallest absolute Gasteiger partial charge is 0.239 e. The average molecular weight is 289 g/mol. The van der Waals surface area contributed by atoms with Crippen molar-refractivity contribution < 1.29 is 4.79 Å². The normalized spacial score (nSPS) is 11.6. The summed E-state index contributed by atoms with van der Waals surface area (Å²) >= 11 is 0. The van der Waals surface area contributed by atoms with Gasteiger partial charge in [-0.2, -0.15) is 5.10 Å². The number of amides is 1. The van der Waals surface area contributed by atoms with Crippen LogP contribution in [0.4, 0.5) is 5.82 Å². The van der Waals surface area contributed by atoms with Crippen LogP contribution in [0.15, 0.2) is 18.5 Å². The first kappa shape index (κ1) is 15.3. The van der Waals surface area contributed by atoms with Crippen molar-refractivity contribution >= 4 is 17.2 Å². The summed E-state index contributed by atoms with van der Waals surface area (Å²) in [7, 11) is 0. The maximum atomic E-state index is 11.7. The second-order valence-corrected chi connectivity index (χ2v) is 6.09. The van der Waals surface area contributed by atoms with Gasteiger partial charge in [0.2, 0.25) is 5.91 Å². The van der Waals surface area contributed by atoms with E-state index in [9.17, 15) is 4.79 Å². The molecule has 0 unspecified atom stereocenters. The fourth-order valence-corrected chi connectivity index (χ4v) is 1.92. The Labute approximate surface area is 125 Å². The van der Waals surface area contributed by atoms with Crippen LogP contribution >= 0.6 is 0 Å². The molecule has 0 radical (unpaired) electrons. The lowest BCUT2D eigenvalue weighted by atomic mass is 9.92. The zero-order chi connectivity index (χ0) is 15.5. The van der Waals surface area contributed by atoms with Gasteiger partial charge in [-0.15, -0.1) is 0 Å². The first-order valence-corrected chi connectivity index (χ1v) is 7.27. The quantitative estimate of drug-likeness (QED) is 0.882. The molecule has 0 spiro atoms. The second kappa shape index (κ2) is 6.11. The Hall–Kier alpha value is -2.11. The molecule has 0 aliphatic heterocycles. The first-order chi connectivity index (χ1) is 9.91. The van der Waals surface area contributed by atoms with Crippen molar-refractivity contribution in [3.63, 3.8) is 0 Å². The maximum absolute atomic E-state index is 11.7. The van der Waals surface area contributed by atoms with Gasteiger partial charge in [0.05, 0.1) is 12.2 Å². The number of hydrogen-bond acceptors (Lipinski definition) is 4. The lowest BCUT2D eigenvalue weighted by molar-refractivity contribution is -0.119. The number of nitrogens with one attached hydrogen (secondary N) is 2. The number of fused-ring (bicyclic) bond motifs is 1. The Balaban J connectivity index is 2.16. The van der Waals surface area contributed by atoms with Gasteiger partial charge in [-0.3, -0.25) is 4.79 Å². The van der Waals surface area contributed by atoms with Crippen LogP contribution < -0.4 is 10.6 Å². The van der Waals surface area contributed by atoms with E-state index >= 15 is 0 Å². The Morgan fingerprint density at radius 3 is 2.81 bits per heavy atom. The minimum atomic E-state index is -0.0313. The predicted molar refractivity (Wildman–Crippen MR) is 83.5 cm³/mol. The third kappa shape index (κ3) is 3.71. The molecule has 114 valence electrons. The summed E-state index contributed by atoms with van der Waals surface area (Å²) in [6.07, 6.45) is 4.42. The summed E-state index contributed by atoms with van der Waals surface area (Å²) < 4.78 is 1.79. The highest BCUT2D eigenvalue weighted by atomic mass is 16.1. The summed E-state index contributed by atoms with van der Waals surface area (Å²) in [6, 6.07) is 2.01. The second-order valence-electron chi connectivity index (χ2n) is 6.09. The van der Waals surface area contributed by atoms with Gasteiger partial charge in [0, 0.05) is 24.4 Å². The van der Waals surface area contributed by atoms with Gasteiger partial charge in [-0.05, 0) is 12.5 Å². The molecule has 0 aliphatic rings. The predicted octanol–water partition coefficient (Wildman–Crippen LogP) is 1.96. The number of nitrogens with zero attached hydrogens (tertiary/aromatic N) is 3. The van der Waals surface area contributed by atoms with Crippen molar-refractivity contribution in [3.8, 4) is 0 Å². The third-order valence-electron chi connectivity index (χ3n) is 3.15.